The van der Waals surface area contributed by atoms with Crippen molar-refractivity contribution in [2.45, 2.75) is 38.0 Å². The van der Waals surface area contributed by atoms with E-state index in [0.717, 1.165) is 11.3 Å². The van der Waals surface area contributed by atoms with Crippen molar-refractivity contribution in [3.05, 3.63) is 59.4 Å². The van der Waals surface area contributed by atoms with Crippen LogP contribution in [0.15, 0.2) is 42.5 Å². The van der Waals surface area contributed by atoms with Gasteiger partial charge in [-0.25, -0.2) is 4.98 Å². The molecule has 2 aromatic carbocycles. The first-order chi connectivity index (χ1) is 13.2. The largest absolute Gasteiger partial charge is 0.494 e. The Bertz CT molecular complexity index is 946. The van der Waals surface area contributed by atoms with Gasteiger partial charge in [-0.05, 0) is 48.1 Å². The first-order valence-corrected chi connectivity index (χ1v) is 9.88. The van der Waals surface area contributed by atoms with Gasteiger partial charge in [0.25, 0.3) is 5.24 Å². The second kappa shape index (κ2) is 7.73. The van der Waals surface area contributed by atoms with E-state index in [2.05, 4.69) is 29.2 Å². The number of carbonyl (C=O) groups is 1. The van der Waals surface area contributed by atoms with Crippen LogP contribution in [0.25, 0.3) is 11.0 Å². The third kappa shape index (κ3) is 3.46. The maximum Gasteiger partial charge on any atom is 0.254 e. The zero-order valence-corrected chi connectivity index (χ0v) is 16.1. The number of ether oxygens (including phenoxy) is 1. The number of nitrogens with one attached hydrogen (secondary N) is 1. The Balaban J connectivity index is 1.88. The lowest BCUT2D eigenvalue weighted by Crippen LogP contribution is -2.18. The average Bonchev–Trinajstić information content (AvgIpc) is 3.13. The summed E-state index contributed by atoms with van der Waals surface area (Å²) in [7, 11) is 1.62. The SMILES string of the molecule is COc1ccc(C(=O)Cl)c2nc(C(c3ccccc3)C3CCCCC3)[nH]c12. The summed E-state index contributed by atoms with van der Waals surface area (Å²) in [6.07, 6.45) is 6.19. The van der Waals surface area contributed by atoms with E-state index in [1.807, 2.05) is 6.07 Å². The number of carbonyl (C=O) groups excluding carboxylic acids is 1. The molecule has 0 spiro atoms. The van der Waals surface area contributed by atoms with E-state index >= 15 is 0 Å². The van der Waals surface area contributed by atoms with Gasteiger partial charge in [0.2, 0.25) is 0 Å². The number of imidazole rings is 1. The number of rotatable bonds is 5. The highest BCUT2D eigenvalue weighted by Crippen LogP contribution is 2.41. The Morgan fingerprint density at radius 3 is 2.56 bits per heavy atom. The predicted molar refractivity (Wildman–Crippen MR) is 108 cm³/mol. The minimum atomic E-state index is -0.505. The zero-order chi connectivity index (χ0) is 18.8. The fourth-order valence-corrected chi connectivity index (χ4v) is 4.50. The van der Waals surface area contributed by atoms with Gasteiger partial charge in [0, 0.05) is 5.92 Å². The molecule has 1 N–H and O–H groups in total. The summed E-state index contributed by atoms with van der Waals surface area (Å²) >= 11 is 5.80. The van der Waals surface area contributed by atoms with Crippen molar-refractivity contribution in [3.8, 4) is 5.75 Å². The second-order valence-electron chi connectivity index (χ2n) is 7.22. The summed E-state index contributed by atoms with van der Waals surface area (Å²) < 4.78 is 5.48. The summed E-state index contributed by atoms with van der Waals surface area (Å²) in [5.74, 6) is 2.25. The second-order valence-corrected chi connectivity index (χ2v) is 7.56. The van der Waals surface area contributed by atoms with Crippen molar-refractivity contribution in [1.29, 1.82) is 0 Å². The smallest absolute Gasteiger partial charge is 0.254 e. The van der Waals surface area contributed by atoms with Crippen LogP contribution in [0, 0.1) is 5.92 Å². The topological polar surface area (TPSA) is 55.0 Å². The quantitative estimate of drug-likeness (QED) is 0.579. The molecule has 0 amide bonds. The van der Waals surface area contributed by atoms with Crippen LogP contribution in [0.1, 0.15) is 59.8 Å². The van der Waals surface area contributed by atoms with Gasteiger partial charge in [0.05, 0.1) is 12.7 Å². The minimum Gasteiger partial charge on any atom is -0.494 e. The van der Waals surface area contributed by atoms with Gasteiger partial charge in [-0.3, -0.25) is 4.79 Å². The highest BCUT2D eigenvalue weighted by molar-refractivity contribution is 6.68. The molecule has 27 heavy (non-hydrogen) atoms. The summed E-state index contributed by atoms with van der Waals surface area (Å²) in [6.45, 7) is 0. The van der Waals surface area contributed by atoms with Gasteiger partial charge < -0.3 is 9.72 Å². The average molecular weight is 383 g/mol. The van der Waals surface area contributed by atoms with Crippen molar-refractivity contribution in [2.24, 2.45) is 5.92 Å². The molecule has 1 unspecified atom stereocenters. The fourth-order valence-electron chi connectivity index (χ4n) is 4.34. The minimum absolute atomic E-state index is 0.168. The molecule has 4 rings (SSSR count). The zero-order valence-electron chi connectivity index (χ0n) is 15.4. The molecule has 0 saturated heterocycles. The van der Waals surface area contributed by atoms with Gasteiger partial charge in [-0.15, -0.1) is 0 Å². The Morgan fingerprint density at radius 1 is 1.15 bits per heavy atom. The van der Waals surface area contributed by atoms with Crippen molar-refractivity contribution in [3.63, 3.8) is 0 Å². The van der Waals surface area contributed by atoms with E-state index in [9.17, 15) is 4.79 Å². The van der Waals surface area contributed by atoms with Gasteiger partial charge >= 0.3 is 0 Å². The van der Waals surface area contributed by atoms with Gasteiger partial charge in [0.1, 0.15) is 22.6 Å². The molecular weight excluding hydrogens is 360 g/mol. The fraction of sp³-hybridized carbons (Fsp3) is 0.364. The normalized spacial score (nSPS) is 16.4. The number of H-pyrrole nitrogens is 1. The monoisotopic (exact) mass is 382 g/mol. The molecule has 3 aromatic rings. The molecule has 0 bridgehead atoms. The summed E-state index contributed by atoms with van der Waals surface area (Å²) in [6, 6.07) is 13.9. The third-order valence-electron chi connectivity index (χ3n) is 5.63. The van der Waals surface area contributed by atoms with E-state index in [0.29, 0.717) is 22.7 Å². The van der Waals surface area contributed by atoms with Crippen LogP contribution in [-0.2, 0) is 0 Å². The number of halogens is 1. The molecule has 0 aliphatic heterocycles. The Morgan fingerprint density at radius 2 is 1.89 bits per heavy atom. The first-order valence-electron chi connectivity index (χ1n) is 9.50. The van der Waals surface area contributed by atoms with Crippen LogP contribution < -0.4 is 4.74 Å². The number of benzene rings is 2. The number of nitrogens with zero attached hydrogens (tertiary/aromatic N) is 1. The molecule has 1 heterocycles. The van der Waals surface area contributed by atoms with E-state index in [4.69, 9.17) is 21.3 Å². The summed E-state index contributed by atoms with van der Waals surface area (Å²) in [4.78, 5) is 20.2. The van der Waals surface area contributed by atoms with Crippen molar-refractivity contribution < 1.29 is 9.53 Å². The Hall–Kier alpha value is -2.33. The van der Waals surface area contributed by atoms with E-state index < -0.39 is 5.24 Å². The molecule has 1 fully saturated rings. The molecule has 1 aromatic heterocycles. The highest BCUT2D eigenvalue weighted by atomic mass is 35.5. The lowest BCUT2D eigenvalue weighted by atomic mass is 9.76. The molecule has 1 atom stereocenters. The van der Waals surface area contributed by atoms with Gasteiger partial charge in [-0.2, -0.15) is 0 Å². The van der Waals surface area contributed by atoms with E-state index in [1.54, 1.807) is 19.2 Å². The maximum absolute atomic E-state index is 11.9. The summed E-state index contributed by atoms with van der Waals surface area (Å²) in [5.41, 5.74) is 2.98. The maximum atomic E-state index is 11.9. The van der Waals surface area contributed by atoms with E-state index in [-0.39, 0.29) is 5.92 Å². The molecule has 140 valence electrons. The van der Waals surface area contributed by atoms with Crippen molar-refractivity contribution in [2.75, 3.05) is 7.11 Å². The lowest BCUT2D eigenvalue weighted by Gasteiger charge is -2.29. The number of methoxy groups -OCH3 is 1. The number of hydrogen-bond donors (Lipinski definition) is 1. The summed E-state index contributed by atoms with van der Waals surface area (Å²) in [5, 5.41) is -0.505. The van der Waals surface area contributed by atoms with Gasteiger partial charge in [-0.1, -0.05) is 49.6 Å². The van der Waals surface area contributed by atoms with Crippen LogP contribution in [0.5, 0.6) is 5.75 Å². The number of aromatic nitrogens is 2. The van der Waals surface area contributed by atoms with E-state index in [1.165, 1.54) is 37.7 Å². The standard InChI is InChI=1S/C22H23ClN2O2/c1-27-17-13-12-16(21(23)26)19-20(17)25-22(24-19)18(14-8-4-2-5-9-14)15-10-6-3-7-11-15/h2,4-5,8-9,12-13,15,18H,3,6-7,10-11H2,1H3,(H,24,25). The number of aromatic amines is 1. The Kier molecular flexibility index (Phi) is 5.17. The van der Waals surface area contributed by atoms with Crippen LogP contribution in [0.3, 0.4) is 0 Å². The van der Waals surface area contributed by atoms with Crippen LogP contribution in [0.4, 0.5) is 0 Å². The molecule has 5 heteroatoms. The molecule has 1 saturated carbocycles. The Labute approximate surface area is 163 Å². The molecular formula is C22H23ClN2O2. The molecule has 4 nitrogen and oxygen atoms in total. The number of hydrogen-bond acceptors (Lipinski definition) is 3. The van der Waals surface area contributed by atoms with Crippen molar-refractivity contribution in [1.82, 2.24) is 9.97 Å². The first kappa shape index (κ1) is 18.1. The third-order valence-corrected chi connectivity index (χ3v) is 5.83. The van der Waals surface area contributed by atoms with Crippen LogP contribution >= 0.6 is 11.6 Å². The number of fused-ring (bicyclic) bond motifs is 1. The lowest BCUT2D eigenvalue weighted by molar-refractivity contribution is 0.108. The van der Waals surface area contributed by atoms with Crippen LogP contribution in [-0.4, -0.2) is 22.3 Å². The highest BCUT2D eigenvalue weighted by Gasteiger charge is 2.30. The molecule has 1 aliphatic rings. The van der Waals surface area contributed by atoms with Crippen LogP contribution in [0.2, 0.25) is 0 Å². The molecule has 1 aliphatic carbocycles. The van der Waals surface area contributed by atoms with Crippen molar-refractivity contribution >= 4 is 27.9 Å². The predicted octanol–water partition coefficient (Wildman–Crippen LogP) is 5.66. The van der Waals surface area contributed by atoms with Gasteiger partial charge in [0.15, 0.2) is 0 Å². The molecule has 0 radical (unpaired) electrons.